The summed E-state index contributed by atoms with van der Waals surface area (Å²) in [5.74, 6) is -10.7. The van der Waals surface area contributed by atoms with Crippen LogP contribution < -0.4 is 66.3 Å². The second-order valence-corrected chi connectivity index (χ2v) is 18.8. The molecule has 0 aliphatic carbocycles. The van der Waals surface area contributed by atoms with Crippen molar-refractivity contribution in [2.45, 2.75) is 121 Å². The largest absolute Gasteiger partial charge is 0.370 e. The van der Waals surface area contributed by atoms with E-state index in [4.69, 9.17) is 34.4 Å². The Morgan fingerprint density at radius 1 is 0.766 bits per heavy atom. The van der Waals surface area contributed by atoms with Crippen LogP contribution in [0.4, 0.5) is 0 Å². The highest BCUT2D eigenvalue weighted by Crippen LogP contribution is 2.26. The third-order valence-electron chi connectivity index (χ3n) is 12.7. The zero-order chi connectivity index (χ0) is 56.6. The van der Waals surface area contributed by atoms with Crippen LogP contribution in [0, 0.1) is 23.2 Å². The number of carbonyl (C=O) groups is 10. The van der Waals surface area contributed by atoms with Crippen LogP contribution in [0.15, 0.2) is 64.7 Å². The zero-order valence-corrected chi connectivity index (χ0v) is 42.9. The number of aromatic nitrogens is 1. The van der Waals surface area contributed by atoms with Crippen molar-refractivity contribution in [2.75, 3.05) is 19.6 Å². The maximum absolute atomic E-state index is 14.8. The van der Waals surface area contributed by atoms with Crippen molar-refractivity contribution >= 4 is 81.6 Å². The standard InChI is InChI=1S/C51H70N16O10/c1-28(68)63-37(11-6-20-61-51(57)58)47(75)65-38-16-17-44(72)59-18-5-10-36(45(54)73)64-46(74)32(22-33-27-62-35-9-3-2-8-34(33)35)24-41(69)31(7-4-19-60-50(55)56)23-42(70)39(21-29-12-14-30(26-52)15-13-29)66-49(77)40(25-43(53)71)67-48(38)76/h2-3,8-9,12-15,27,31-32,36-40,62H,4-7,10-11,16-25H2,1H3,(H2,53,71)(H2,54,73)(H,59,72)(H,63,68)(H,64,74)(H,65,75)(H,66,77)(H,67,76)(H4,55,56,60)(H4,57,58,61)/t31-,32-,36+,37+,38+,39-,40+/m1/s1. The van der Waals surface area contributed by atoms with Gasteiger partial charge in [-0.3, -0.25) is 57.9 Å². The van der Waals surface area contributed by atoms with E-state index in [1.807, 2.05) is 30.3 Å². The molecule has 0 bridgehead atoms. The first-order valence-electron chi connectivity index (χ1n) is 25.2. The molecule has 26 heteroatoms. The predicted octanol–water partition coefficient (Wildman–Crippen LogP) is -2.42. The number of hydrogen-bond donors (Lipinski definition) is 13. The quantitative estimate of drug-likeness (QED) is 0.0358. The number of aromatic amines is 1. The van der Waals surface area contributed by atoms with Crippen LogP contribution in [0.3, 0.4) is 0 Å². The molecule has 0 unspecified atom stereocenters. The van der Waals surface area contributed by atoms with E-state index in [1.165, 1.54) is 19.1 Å². The molecule has 26 nitrogen and oxygen atoms in total. The molecular weight excluding hydrogens is 997 g/mol. The van der Waals surface area contributed by atoms with Crippen molar-refractivity contribution in [1.82, 2.24) is 36.9 Å². The fourth-order valence-corrected chi connectivity index (χ4v) is 8.72. The van der Waals surface area contributed by atoms with Gasteiger partial charge in [-0.05, 0) is 87.1 Å². The van der Waals surface area contributed by atoms with Crippen molar-refractivity contribution in [1.29, 1.82) is 5.26 Å². The minimum atomic E-state index is -1.78. The van der Waals surface area contributed by atoms with Gasteiger partial charge in [0.05, 0.1) is 24.1 Å². The number of benzene rings is 2. The average Bonchev–Trinajstić information content (AvgIpc) is 3.79. The number of Topliss-reactive ketones (excluding diaryl/α,β-unsaturated/α-hetero) is 2. The second kappa shape index (κ2) is 30.5. The number of para-hydroxylation sites is 1. The Balaban J connectivity index is 1.80. The van der Waals surface area contributed by atoms with Crippen molar-refractivity contribution in [3.05, 3.63) is 71.4 Å². The molecule has 2 heterocycles. The molecule has 0 radical (unpaired) electrons. The van der Waals surface area contributed by atoms with Crippen LogP contribution in [0.5, 0.6) is 0 Å². The molecule has 1 saturated heterocycles. The number of H-pyrrole nitrogens is 1. The van der Waals surface area contributed by atoms with Crippen LogP contribution in [-0.2, 0) is 60.8 Å². The molecule has 7 atom stereocenters. The summed E-state index contributed by atoms with van der Waals surface area (Å²) in [6.45, 7) is 1.28. The average molecular weight is 1070 g/mol. The van der Waals surface area contributed by atoms with E-state index in [-0.39, 0.29) is 82.9 Å². The third-order valence-corrected chi connectivity index (χ3v) is 12.7. The van der Waals surface area contributed by atoms with E-state index in [0.717, 1.165) is 10.9 Å². The molecule has 1 aliphatic rings. The number of guanidine groups is 2. The Morgan fingerprint density at radius 3 is 2.08 bits per heavy atom. The molecular formula is C51H70N16O10. The topological polar surface area (TPSA) is 463 Å². The number of rotatable bonds is 18. The van der Waals surface area contributed by atoms with Gasteiger partial charge >= 0.3 is 0 Å². The lowest BCUT2D eigenvalue weighted by atomic mass is 9.83. The Labute approximate surface area is 444 Å². The molecule has 0 spiro atoms. The van der Waals surface area contributed by atoms with E-state index >= 15 is 0 Å². The third kappa shape index (κ3) is 20.7. The molecule has 19 N–H and O–H groups in total. The summed E-state index contributed by atoms with van der Waals surface area (Å²) in [7, 11) is 0. The van der Waals surface area contributed by atoms with E-state index in [9.17, 15) is 53.2 Å². The van der Waals surface area contributed by atoms with Crippen LogP contribution in [0.1, 0.15) is 94.2 Å². The van der Waals surface area contributed by atoms with Gasteiger partial charge in [-0.2, -0.15) is 5.26 Å². The van der Waals surface area contributed by atoms with Crippen molar-refractivity contribution in [3.8, 4) is 6.07 Å². The van der Waals surface area contributed by atoms with Crippen LogP contribution >= 0.6 is 0 Å². The summed E-state index contributed by atoms with van der Waals surface area (Å²) in [5.41, 5.74) is 35.6. The maximum Gasteiger partial charge on any atom is 0.243 e. The fourth-order valence-electron chi connectivity index (χ4n) is 8.72. The first-order valence-corrected chi connectivity index (χ1v) is 25.2. The summed E-state index contributed by atoms with van der Waals surface area (Å²) in [4.78, 5) is 148. The number of hydrogen-bond acceptors (Lipinski definition) is 13. The van der Waals surface area contributed by atoms with Gasteiger partial charge < -0.3 is 71.3 Å². The van der Waals surface area contributed by atoms with Crippen molar-refractivity contribution in [2.24, 2.45) is 56.2 Å². The van der Waals surface area contributed by atoms with Gasteiger partial charge in [0.15, 0.2) is 17.7 Å². The number of nitrogens with one attached hydrogen (secondary N) is 7. The Hall–Kier alpha value is -8.89. The number of amides is 8. The fraction of sp³-hybridized carbons (Fsp3) is 0.471. The zero-order valence-electron chi connectivity index (χ0n) is 42.9. The molecule has 4 rings (SSSR count). The molecule has 1 aliphatic heterocycles. The van der Waals surface area contributed by atoms with Gasteiger partial charge in [0.1, 0.15) is 30.0 Å². The van der Waals surface area contributed by atoms with E-state index in [0.29, 0.717) is 16.7 Å². The SMILES string of the molecule is CC(=O)N[C@@H](CCCN=C(N)N)C(=O)N[C@H]1CCC(=O)NCCC[C@@H](C(N)=O)NC(=O)[C@H](Cc2c[nH]c3ccccc23)CC(=O)[C@H](CCCN=C(N)N)CC(=O)[C@@H](Cc2ccc(C#N)cc2)NC(=O)[C@H](CC(N)=O)NC1=O. The predicted molar refractivity (Wildman–Crippen MR) is 283 cm³/mol. The van der Waals surface area contributed by atoms with Gasteiger partial charge in [0, 0.05) is 74.8 Å². The van der Waals surface area contributed by atoms with Gasteiger partial charge in [-0.1, -0.05) is 30.3 Å². The highest BCUT2D eigenvalue weighted by atomic mass is 16.2. The van der Waals surface area contributed by atoms with Gasteiger partial charge in [-0.15, -0.1) is 0 Å². The van der Waals surface area contributed by atoms with E-state index in [1.54, 1.807) is 18.3 Å². The number of nitrogens with zero attached hydrogens (tertiary/aromatic N) is 3. The number of fused-ring (bicyclic) bond motifs is 1. The number of carbonyl (C=O) groups excluding carboxylic acids is 10. The molecule has 0 saturated carbocycles. The van der Waals surface area contributed by atoms with Crippen molar-refractivity contribution in [3.63, 3.8) is 0 Å². The molecule has 1 aromatic heterocycles. The lowest BCUT2D eigenvalue weighted by Gasteiger charge is -2.27. The minimum Gasteiger partial charge on any atom is -0.370 e. The van der Waals surface area contributed by atoms with Crippen LogP contribution in [0.25, 0.3) is 10.9 Å². The minimum absolute atomic E-state index is 0.00139. The second-order valence-electron chi connectivity index (χ2n) is 18.8. The lowest BCUT2D eigenvalue weighted by Crippen LogP contribution is -2.58. The summed E-state index contributed by atoms with van der Waals surface area (Å²) in [5, 5.41) is 25.7. The first-order chi connectivity index (χ1) is 36.6. The van der Waals surface area contributed by atoms with E-state index < -0.39 is 133 Å². The molecule has 1 fully saturated rings. The maximum atomic E-state index is 14.8. The number of nitrogens with two attached hydrogens (primary N) is 6. The summed E-state index contributed by atoms with van der Waals surface area (Å²) < 4.78 is 0. The first kappa shape index (κ1) is 60.7. The number of aliphatic imine (C=N–C) groups is 2. The lowest BCUT2D eigenvalue weighted by molar-refractivity contribution is -0.136. The van der Waals surface area contributed by atoms with Gasteiger partial charge in [0.25, 0.3) is 0 Å². The molecule has 8 amide bonds. The Bertz CT molecular complexity index is 2710. The Kier molecular flexibility index (Phi) is 24.0. The normalized spacial score (nSPS) is 20.9. The number of nitriles is 1. The molecule has 77 heavy (non-hydrogen) atoms. The van der Waals surface area contributed by atoms with Crippen LogP contribution in [0.2, 0.25) is 0 Å². The van der Waals surface area contributed by atoms with Gasteiger partial charge in [-0.25, -0.2) is 0 Å². The summed E-state index contributed by atoms with van der Waals surface area (Å²) in [6, 6.07) is 8.07. The highest BCUT2D eigenvalue weighted by molar-refractivity contribution is 5.99. The Morgan fingerprint density at radius 2 is 1.43 bits per heavy atom. The monoisotopic (exact) mass is 1070 g/mol. The van der Waals surface area contributed by atoms with Crippen LogP contribution in [-0.4, -0.2) is 126 Å². The number of primary amides is 2. The van der Waals surface area contributed by atoms with E-state index in [2.05, 4.69) is 46.9 Å². The molecule has 414 valence electrons. The number of ketones is 2. The highest BCUT2D eigenvalue weighted by Gasteiger charge is 2.36. The van der Waals surface area contributed by atoms with Crippen molar-refractivity contribution < 1.29 is 47.9 Å². The smallest absolute Gasteiger partial charge is 0.243 e. The molecule has 3 aromatic rings. The summed E-state index contributed by atoms with van der Waals surface area (Å²) >= 11 is 0. The summed E-state index contributed by atoms with van der Waals surface area (Å²) in [6.07, 6.45) is -0.551. The molecule has 2 aromatic carbocycles. The van der Waals surface area contributed by atoms with Gasteiger partial charge in [0.2, 0.25) is 47.3 Å².